The van der Waals surface area contributed by atoms with Gasteiger partial charge in [0, 0.05) is 24.1 Å². The predicted octanol–water partition coefficient (Wildman–Crippen LogP) is 3.08. The molecule has 0 bridgehead atoms. The minimum Gasteiger partial charge on any atom is -0.497 e. The van der Waals surface area contributed by atoms with E-state index in [0.29, 0.717) is 22.6 Å². The summed E-state index contributed by atoms with van der Waals surface area (Å²) < 4.78 is 9.69. The fourth-order valence-electron chi connectivity index (χ4n) is 2.20. The number of esters is 1. The average molecular weight is 341 g/mol. The molecule has 0 radical (unpaired) electrons. The van der Waals surface area contributed by atoms with Crippen LogP contribution in [0.15, 0.2) is 48.5 Å². The van der Waals surface area contributed by atoms with Crippen LogP contribution in [0.4, 0.5) is 5.69 Å². The number of benzene rings is 2. The Hall–Kier alpha value is -3.15. The Morgan fingerprint density at radius 1 is 0.920 bits per heavy atom. The van der Waals surface area contributed by atoms with Gasteiger partial charge in [0.1, 0.15) is 5.75 Å². The molecule has 0 heterocycles. The van der Waals surface area contributed by atoms with Crippen LogP contribution < -0.4 is 10.1 Å². The summed E-state index contributed by atoms with van der Waals surface area (Å²) in [5.74, 6) is -0.250. The van der Waals surface area contributed by atoms with Crippen molar-refractivity contribution in [3.8, 4) is 5.75 Å². The van der Waals surface area contributed by atoms with Crippen molar-refractivity contribution in [2.24, 2.45) is 0 Å². The van der Waals surface area contributed by atoms with E-state index in [1.165, 1.54) is 14.2 Å². The van der Waals surface area contributed by atoms with Crippen LogP contribution in [0.5, 0.6) is 5.75 Å². The van der Waals surface area contributed by atoms with Gasteiger partial charge in [-0.15, -0.1) is 0 Å². The van der Waals surface area contributed by atoms with Crippen molar-refractivity contribution in [1.29, 1.82) is 0 Å². The molecule has 0 aliphatic heterocycles. The minimum atomic E-state index is -0.443. The highest BCUT2D eigenvalue weighted by Crippen LogP contribution is 2.15. The predicted molar refractivity (Wildman–Crippen MR) is 93.0 cm³/mol. The molecule has 25 heavy (non-hydrogen) atoms. The van der Waals surface area contributed by atoms with Crippen LogP contribution in [0, 0.1) is 0 Å². The summed E-state index contributed by atoms with van der Waals surface area (Å²) in [5.41, 5.74) is 1.45. The summed E-state index contributed by atoms with van der Waals surface area (Å²) in [6, 6.07) is 13.1. The molecule has 130 valence electrons. The number of ketones is 1. The van der Waals surface area contributed by atoms with Crippen LogP contribution in [0.25, 0.3) is 0 Å². The third-order valence-electron chi connectivity index (χ3n) is 3.56. The highest BCUT2D eigenvalue weighted by atomic mass is 16.5. The quantitative estimate of drug-likeness (QED) is 0.618. The van der Waals surface area contributed by atoms with E-state index in [9.17, 15) is 14.4 Å². The largest absolute Gasteiger partial charge is 0.497 e. The molecule has 1 N–H and O–H groups in total. The molecule has 2 aromatic carbocycles. The minimum absolute atomic E-state index is 0.0643. The monoisotopic (exact) mass is 341 g/mol. The lowest BCUT2D eigenvalue weighted by Crippen LogP contribution is -2.13. The van der Waals surface area contributed by atoms with Crippen LogP contribution >= 0.6 is 0 Å². The summed E-state index contributed by atoms with van der Waals surface area (Å²) in [5, 5.41) is 2.69. The third kappa shape index (κ3) is 5.17. The SMILES string of the molecule is COC(=O)c1ccc(NC(=O)CCC(=O)c2cccc(OC)c2)cc1. The first-order chi connectivity index (χ1) is 12.0. The number of rotatable bonds is 7. The Kier molecular flexibility index (Phi) is 6.28. The van der Waals surface area contributed by atoms with Crippen LogP contribution in [-0.2, 0) is 9.53 Å². The van der Waals surface area contributed by atoms with E-state index in [4.69, 9.17) is 4.74 Å². The number of ether oxygens (including phenoxy) is 2. The van der Waals surface area contributed by atoms with Crippen molar-refractivity contribution in [3.63, 3.8) is 0 Å². The van der Waals surface area contributed by atoms with Gasteiger partial charge in [0.05, 0.1) is 19.8 Å². The molecule has 0 aromatic heterocycles. The van der Waals surface area contributed by atoms with E-state index < -0.39 is 5.97 Å². The zero-order valence-electron chi connectivity index (χ0n) is 14.1. The molecule has 0 aliphatic rings. The zero-order chi connectivity index (χ0) is 18.2. The Morgan fingerprint density at radius 3 is 2.28 bits per heavy atom. The van der Waals surface area contributed by atoms with Gasteiger partial charge in [0.25, 0.3) is 0 Å². The highest BCUT2D eigenvalue weighted by Gasteiger charge is 2.11. The topological polar surface area (TPSA) is 81.7 Å². The number of methoxy groups -OCH3 is 2. The fraction of sp³-hybridized carbons (Fsp3) is 0.211. The number of hydrogen-bond acceptors (Lipinski definition) is 5. The number of hydrogen-bond donors (Lipinski definition) is 1. The van der Waals surface area contributed by atoms with Crippen LogP contribution in [0.3, 0.4) is 0 Å². The van der Waals surface area contributed by atoms with E-state index in [1.54, 1.807) is 48.5 Å². The molecule has 0 fully saturated rings. The summed E-state index contributed by atoms with van der Waals surface area (Å²) in [6.07, 6.45) is 0.161. The number of carbonyl (C=O) groups is 3. The molecule has 6 nitrogen and oxygen atoms in total. The molecule has 0 unspecified atom stereocenters. The van der Waals surface area contributed by atoms with Crippen molar-refractivity contribution in [1.82, 2.24) is 0 Å². The number of Topliss-reactive ketones (excluding diaryl/α,β-unsaturated/α-hetero) is 1. The van der Waals surface area contributed by atoms with Crippen LogP contribution in [0.2, 0.25) is 0 Å². The third-order valence-corrected chi connectivity index (χ3v) is 3.56. The fourth-order valence-corrected chi connectivity index (χ4v) is 2.20. The van der Waals surface area contributed by atoms with Crippen molar-refractivity contribution >= 4 is 23.3 Å². The first-order valence-electron chi connectivity index (χ1n) is 7.69. The Balaban J connectivity index is 1.87. The van der Waals surface area contributed by atoms with E-state index in [0.717, 1.165) is 0 Å². The van der Waals surface area contributed by atoms with E-state index in [1.807, 2.05) is 0 Å². The second-order valence-corrected chi connectivity index (χ2v) is 5.27. The molecule has 0 aliphatic carbocycles. The van der Waals surface area contributed by atoms with Crippen molar-refractivity contribution < 1.29 is 23.9 Å². The number of nitrogens with one attached hydrogen (secondary N) is 1. The maximum atomic E-state index is 12.1. The smallest absolute Gasteiger partial charge is 0.337 e. The normalized spacial score (nSPS) is 10.0. The lowest BCUT2D eigenvalue weighted by molar-refractivity contribution is -0.116. The maximum Gasteiger partial charge on any atom is 0.337 e. The second kappa shape index (κ2) is 8.63. The highest BCUT2D eigenvalue weighted by molar-refractivity contribution is 6.00. The molecule has 1 amide bonds. The Bertz CT molecular complexity index is 768. The number of carbonyl (C=O) groups excluding carboxylic acids is 3. The lowest BCUT2D eigenvalue weighted by Gasteiger charge is -2.07. The number of anilines is 1. The van der Waals surface area contributed by atoms with E-state index in [2.05, 4.69) is 10.1 Å². The van der Waals surface area contributed by atoms with E-state index in [-0.39, 0.29) is 24.5 Å². The lowest BCUT2D eigenvalue weighted by atomic mass is 10.1. The van der Waals surface area contributed by atoms with Gasteiger partial charge in [-0.2, -0.15) is 0 Å². The zero-order valence-corrected chi connectivity index (χ0v) is 14.1. The molecule has 2 rings (SSSR count). The van der Waals surface area contributed by atoms with Gasteiger partial charge in [-0.05, 0) is 36.4 Å². The molecule has 2 aromatic rings. The summed E-state index contributed by atoms with van der Waals surface area (Å²) in [4.78, 5) is 35.5. The van der Waals surface area contributed by atoms with Gasteiger partial charge in [-0.25, -0.2) is 4.79 Å². The Morgan fingerprint density at radius 2 is 1.64 bits per heavy atom. The molecule has 6 heteroatoms. The summed E-state index contributed by atoms with van der Waals surface area (Å²) in [7, 11) is 2.83. The molecule has 0 saturated heterocycles. The summed E-state index contributed by atoms with van der Waals surface area (Å²) >= 11 is 0. The van der Waals surface area contributed by atoms with Crippen molar-refractivity contribution in [2.45, 2.75) is 12.8 Å². The first kappa shape index (κ1) is 18.2. The van der Waals surface area contributed by atoms with E-state index >= 15 is 0 Å². The molecular weight excluding hydrogens is 322 g/mol. The Labute approximate surface area is 145 Å². The van der Waals surface area contributed by atoms with Crippen molar-refractivity contribution in [3.05, 3.63) is 59.7 Å². The van der Waals surface area contributed by atoms with Crippen LogP contribution in [0.1, 0.15) is 33.6 Å². The maximum absolute atomic E-state index is 12.1. The molecule has 0 spiro atoms. The number of amides is 1. The van der Waals surface area contributed by atoms with Gasteiger partial charge in [-0.3, -0.25) is 9.59 Å². The molecular formula is C19H19NO5. The average Bonchev–Trinajstić information content (AvgIpc) is 2.66. The summed E-state index contributed by atoms with van der Waals surface area (Å²) in [6.45, 7) is 0. The second-order valence-electron chi connectivity index (χ2n) is 5.27. The van der Waals surface area contributed by atoms with Gasteiger partial charge in [0.2, 0.25) is 5.91 Å². The van der Waals surface area contributed by atoms with Gasteiger partial charge in [0.15, 0.2) is 5.78 Å². The van der Waals surface area contributed by atoms with Gasteiger partial charge < -0.3 is 14.8 Å². The van der Waals surface area contributed by atoms with Crippen molar-refractivity contribution in [2.75, 3.05) is 19.5 Å². The molecule has 0 atom stereocenters. The van der Waals surface area contributed by atoms with Gasteiger partial charge in [-0.1, -0.05) is 12.1 Å². The van der Waals surface area contributed by atoms with Crippen LogP contribution in [-0.4, -0.2) is 31.9 Å². The van der Waals surface area contributed by atoms with Gasteiger partial charge >= 0.3 is 5.97 Å². The molecule has 0 saturated carbocycles. The first-order valence-corrected chi connectivity index (χ1v) is 7.69. The standard InChI is InChI=1S/C19H19NO5/c1-24-16-5-3-4-14(12-16)17(21)10-11-18(22)20-15-8-6-13(7-9-15)19(23)25-2/h3-9,12H,10-11H2,1-2H3,(H,20,22).